The van der Waals surface area contributed by atoms with Gasteiger partial charge < -0.3 is 19.5 Å². The second-order valence-electron chi connectivity index (χ2n) is 6.04. The summed E-state index contributed by atoms with van der Waals surface area (Å²) in [4.78, 5) is 14.1. The highest BCUT2D eigenvalue weighted by Gasteiger charge is 2.14. The molecule has 1 fully saturated rings. The van der Waals surface area contributed by atoms with Crippen LogP contribution in [-0.4, -0.2) is 70.0 Å². The number of benzene rings is 1. The lowest BCUT2D eigenvalue weighted by Crippen LogP contribution is -2.41. The zero-order chi connectivity index (χ0) is 17.0. The van der Waals surface area contributed by atoms with Crippen molar-refractivity contribution in [2.45, 2.75) is 6.92 Å². The molecule has 1 aliphatic heterocycles. The first kappa shape index (κ1) is 18.7. The summed E-state index contributed by atoms with van der Waals surface area (Å²) in [7, 11) is 0. The predicted octanol–water partition coefficient (Wildman–Crippen LogP) is 1.17. The molecule has 2 rings (SSSR count). The number of carbonyl (C=O) groups excluding carboxylic acids is 1. The molecule has 0 radical (unpaired) electrons. The second kappa shape index (κ2) is 11.0. The van der Waals surface area contributed by atoms with Gasteiger partial charge in [0.25, 0.3) is 0 Å². The van der Waals surface area contributed by atoms with Crippen LogP contribution in [0.25, 0.3) is 0 Å². The Kier molecular flexibility index (Phi) is 8.59. The van der Waals surface area contributed by atoms with Gasteiger partial charge in [0.05, 0.1) is 19.8 Å². The van der Waals surface area contributed by atoms with Crippen LogP contribution in [0.4, 0.5) is 0 Å². The first-order valence-corrected chi connectivity index (χ1v) is 8.56. The topological polar surface area (TPSA) is 60.0 Å². The van der Waals surface area contributed by atoms with Crippen molar-refractivity contribution < 1.29 is 19.0 Å². The van der Waals surface area contributed by atoms with E-state index < -0.39 is 0 Å². The van der Waals surface area contributed by atoms with E-state index in [2.05, 4.69) is 17.1 Å². The molecule has 1 aliphatic rings. The van der Waals surface area contributed by atoms with Gasteiger partial charge in [0.15, 0.2) is 0 Å². The average molecular weight is 336 g/mol. The van der Waals surface area contributed by atoms with Crippen molar-refractivity contribution in [1.29, 1.82) is 0 Å². The highest BCUT2D eigenvalue weighted by atomic mass is 16.5. The number of para-hydroxylation sites is 1. The number of amides is 1. The largest absolute Gasteiger partial charge is 0.491 e. The van der Waals surface area contributed by atoms with Gasteiger partial charge in [-0.15, -0.1) is 0 Å². The Morgan fingerprint density at radius 1 is 1.25 bits per heavy atom. The lowest BCUT2D eigenvalue weighted by Gasteiger charge is -2.29. The number of nitrogens with zero attached hydrogens (tertiary/aromatic N) is 1. The highest BCUT2D eigenvalue weighted by Crippen LogP contribution is 2.07. The van der Waals surface area contributed by atoms with E-state index in [0.717, 1.165) is 38.6 Å². The number of morpholine rings is 1. The van der Waals surface area contributed by atoms with Crippen LogP contribution in [0.5, 0.6) is 5.75 Å². The van der Waals surface area contributed by atoms with Gasteiger partial charge >= 0.3 is 0 Å². The molecule has 1 unspecified atom stereocenters. The lowest BCUT2D eigenvalue weighted by molar-refractivity contribution is -0.126. The minimum absolute atomic E-state index is 0.0718. The van der Waals surface area contributed by atoms with Crippen molar-refractivity contribution >= 4 is 5.91 Å². The van der Waals surface area contributed by atoms with Crippen LogP contribution in [0, 0.1) is 5.92 Å². The van der Waals surface area contributed by atoms with Crippen LogP contribution in [0.2, 0.25) is 0 Å². The fraction of sp³-hybridized carbons (Fsp3) is 0.611. The molecular weight excluding hydrogens is 308 g/mol. The summed E-state index contributed by atoms with van der Waals surface area (Å²) in [5.41, 5.74) is 0. The molecule has 0 aromatic heterocycles. The van der Waals surface area contributed by atoms with Crippen molar-refractivity contribution in [2.75, 3.05) is 59.2 Å². The Bertz CT molecular complexity index is 463. The molecule has 24 heavy (non-hydrogen) atoms. The zero-order valence-electron chi connectivity index (χ0n) is 14.4. The summed E-state index contributed by atoms with van der Waals surface area (Å²) < 4.78 is 16.2. The number of rotatable bonds is 10. The fourth-order valence-electron chi connectivity index (χ4n) is 2.53. The molecule has 6 nitrogen and oxygen atoms in total. The first-order chi connectivity index (χ1) is 11.7. The van der Waals surface area contributed by atoms with Gasteiger partial charge in [0, 0.05) is 26.2 Å². The third-order valence-electron chi connectivity index (χ3n) is 3.79. The molecule has 0 saturated carbocycles. The van der Waals surface area contributed by atoms with Crippen LogP contribution in [0.15, 0.2) is 30.3 Å². The summed E-state index contributed by atoms with van der Waals surface area (Å²) >= 11 is 0. The van der Waals surface area contributed by atoms with Crippen LogP contribution in [0.1, 0.15) is 6.92 Å². The molecule has 1 saturated heterocycles. The summed E-state index contributed by atoms with van der Waals surface area (Å²) in [5, 5.41) is 2.92. The van der Waals surface area contributed by atoms with Crippen molar-refractivity contribution in [3.63, 3.8) is 0 Å². The molecule has 1 aromatic rings. The zero-order valence-corrected chi connectivity index (χ0v) is 14.4. The third-order valence-corrected chi connectivity index (χ3v) is 3.79. The van der Waals surface area contributed by atoms with E-state index in [1.165, 1.54) is 0 Å². The van der Waals surface area contributed by atoms with E-state index in [1.54, 1.807) is 0 Å². The van der Waals surface area contributed by atoms with Crippen molar-refractivity contribution in [3.05, 3.63) is 30.3 Å². The van der Waals surface area contributed by atoms with Crippen LogP contribution < -0.4 is 10.1 Å². The number of ether oxygens (including phenoxy) is 3. The van der Waals surface area contributed by atoms with Gasteiger partial charge in [-0.1, -0.05) is 25.1 Å². The number of carbonyl (C=O) groups is 1. The molecular formula is C18H28N2O4. The average Bonchev–Trinajstić information content (AvgIpc) is 2.61. The van der Waals surface area contributed by atoms with Gasteiger partial charge in [-0.05, 0) is 18.1 Å². The minimum Gasteiger partial charge on any atom is -0.491 e. The standard InChI is InChI=1S/C18H28N2O4/c1-16(14-20-7-9-22-10-8-20)13-19-18(21)15-23-11-12-24-17-5-3-2-4-6-17/h2-6,16H,7-15H2,1H3,(H,19,21). The molecule has 134 valence electrons. The summed E-state index contributed by atoms with van der Waals surface area (Å²) in [6.07, 6.45) is 0. The van der Waals surface area contributed by atoms with Crippen LogP contribution in [0.3, 0.4) is 0 Å². The van der Waals surface area contributed by atoms with Crippen LogP contribution >= 0.6 is 0 Å². The summed E-state index contributed by atoms with van der Waals surface area (Å²) in [5.74, 6) is 1.14. The number of hydrogen-bond acceptors (Lipinski definition) is 5. The maximum Gasteiger partial charge on any atom is 0.246 e. The smallest absolute Gasteiger partial charge is 0.246 e. The Labute approximate surface area is 144 Å². The molecule has 6 heteroatoms. The minimum atomic E-state index is -0.0801. The Hall–Kier alpha value is -1.63. The molecule has 1 aromatic carbocycles. The van der Waals surface area contributed by atoms with E-state index in [0.29, 0.717) is 25.7 Å². The highest BCUT2D eigenvalue weighted by molar-refractivity contribution is 5.77. The van der Waals surface area contributed by atoms with Crippen LogP contribution in [-0.2, 0) is 14.3 Å². The SMILES string of the molecule is CC(CNC(=O)COCCOc1ccccc1)CN1CCOCC1. The van der Waals surface area contributed by atoms with E-state index in [1.807, 2.05) is 30.3 Å². The summed E-state index contributed by atoms with van der Waals surface area (Å²) in [6.45, 7) is 8.25. The van der Waals surface area contributed by atoms with Crippen molar-refractivity contribution in [1.82, 2.24) is 10.2 Å². The van der Waals surface area contributed by atoms with E-state index in [9.17, 15) is 4.79 Å². The van der Waals surface area contributed by atoms with Gasteiger partial charge in [-0.25, -0.2) is 0 Å². The molecule has 1 amide bonds. The van der Waals surface area contributed by atoms with Gasteiger partial charge in [0.1, 0.15) is 19.0 Å². The molecule has 0 aliphatic carbocycles. The number of hydrogen-bond donors (Lipinski definition) is 1. The maximum atomic E-state index is 11.8. The molecule has 1 N–H and O–H groups in total. The quantitative estimate of drug-likeness (QED) is 0.650. The number of nitrogens with one attached hydrogen (secondary N) is 1. The normalized spacial score (nSPS) is 16.5. The van der Waals surface area contributed by atoms with Gasteiger partial charge in [-0.2, -0.15) is 0 Å². The Balaban J connectivity index is 1.47. The molecule has 0 spiro atoms. The van der Waals surface area contributed by atoms with E-state index in [4.69, 9.17) is 14.2 Å². The molecule has 0 bridgehead atoms. The van der Waals surface area contributed by atoms with Gasteiger partial charge in [-0.3, -0.25) is 9.69 Å². The first-order valence-electron chi connectivity index (χ1n) is 8.56. The van der Waals surface area contributed by atoms with E-state index >= 15 is 0 Å². The molecule has 1 heterocycles. The monoisotopic (exact) mass is 336 g/mol. The summed E-state index contributed by atoms with van der Waals surface area (Å²) in [6, 6.07) is 9.56. The second-order valence-corrected chi connectivity index (χ2v) is 6.04. The maximum absolute atomic E-state index is 11.8. The Morgan fingerprint density at radius 3 is 2.75 bits per heavy atom. The Morgan fingerprint density at radius 2 is 2.00 bits per heavy atom. The van der Waals surface area contributed by atoms with E-state index in [-0.39, 0.29) is 12.5 Å². The predicted molar refractivity (Wildman–Crippen MR) is 92.2 cm³/mol. The lowest BCUT2D eigenvalue weighted by atomic mass is 10.1. The third kappa shape index (κ3) is 7.77. The van der Waals surface area contributed by atoms with Crippen molar-refractivity contribution in [2.24, 2.45) is 5.92 Å². The molecule has 1 atom stereocenters. The van der Waals surface area contributed by atoms with Gasteiger partial charge in [0.2, 0.25) is 5.91 Å². The van der Waals surface area contributed by atoms with Crippen molar-refractivity contribution in [3.8, 4) is 5.75 Å². The fourth-order valence-corrected chi connectivity index (χ4v) is 2.53.